The van der Waals surface area contributed by atoms with Crippen LogP contribution < -0.4 is 0 Å². The normalized spacial score (nSPS) is 18.9. The van der Waals surface area contributed by atoms with Crippen molar-refractivity contribution < 1.29 is 4.74 Å². The van der Waals surface area contributed by atoms with Crippen molar-refractivity contribution in [2.45, 2.75) is 39.8 Å². The molecule has 2 heterocycles. The van der Waals surface area contributed by atoms with E-state index in [-0.39, 0.29) is 0 Å². The molecule has 2 atom stereocenters. The first-order valence-electron chi connectivity index (χ1n) is 8.09. The minimum absolute atomic E-state index is 0.294. The molecule has 116 valence electrons. The highest BCUT2D eigenvalue weighted by molar-refractivity contribution is 5.93. The summed E-state index contributed by atoms with van der Waals surface area (Å²) in [6.07, 6.45) is 3.23. The van der Waals surface area contributed by atoms with Crippen LogP contribution in [0.4, 0.5) is 0 Å². The molecule has 0 fully saturated rings. The lowest BCUT2D eigenvalue weighted by Gasteiger charge is -2.11. The highest BCUT2D eigenvalue weighted by Gasteiger charge is 2.25. The molecule has 2 aromatic rings. The largest absolute Gasteiger partial charge is 0.474 e. The predicted octanol–water partition coefficient (Wildman–Crippen LogP) is 4.04. The molecule has 1 aliphatic rings. The van der Waals surface area contributed by atoms with Crippen LogP contribution in [-0.2, 0) is 11.3 Å². The average molecular weight is 296 g/mol. The molecule has 0 unspecified atom stereocenters. The van der Waals surface area contributed by atoms with Crippen molar-refractivity contribution in [3.05, 3.63) is 59.4 Å². The smallest absolute Gasteiger partial charge is 0.233 e. The number of nitrogens with zero attached hydrogens (tertiary/aromatic N) is 2. The fourth-order valence-corrected chi connectivity index (χ4v) is 2.73. The summed E-state index contributed by atoms with van der Waals surface area (Å²) >= 11 is 0. The van der Waals surface area contributed by atoms with E-state index in [9.17, 15) is 0 Å². The molecule has 3 rings (SSSR count). The third kappa shape index (κ3) is 3.08. The molecule has 0 aliphatic carbocycles. The number of aryl methyl sites for hydroxylation is 1. The highest BCUT2D eigenvalue weighted by atomic mass is 16.5. The monoisotopic (exact) mass is 296 g/mol. The SMILES string of the molecule is CC[C@@H](C)[C@H]1COC(c2cccn2Cc2ccc(C)cc2)=N1. The molecule has 0 N–H and O–H groups in total. The highest BCUT2D eigenvalue weighted by Crippen LogP contribution is 2.21. The van der Waals surface area contributed by atoms with Gasteiger partial charge in [-0.25, -0.2) is 4.99 Å². The summed E-state index contributed by atoms with van der Waals surface area (Å²) in [5.74, 6) is 1.36. The maximum Gasteiger partial charge on any atom is 0.233 e. The van der Waals surface area contributed by atoms with Crippen LogP contribution in [-0.4, -0.2) is 23.1 Å². The Labute approximate surface area is 132 Å². The van der Waals surface area contributed by atoms with Crippen LogP contribution >= 0.6 is 0 Å². The molecular weight excluding hydrogens is 272 g/mol. The third-order valence-corrected chi connectivity index (χ3v) is 4.50. The summed E-state index contributed by atoms with van der Waals surface area (Å²) in [5, 5.41) is 0. The molecule has 0 amide bonds. The van der Waals surface area contributed by atoms with Gasteiger partial charge in [0.15, 0.2) is 0 Å². The second-order valence-corrected chi connectivity index (χ2v) is 6.21. The number of benzene rings is 1. The Kier molecular flexibility index (Phi) is 4.32. The van der Waals surface area contributed by atoms with Crippen LogP contribution in [0.1, 0.15) is 37.1 Å². The van der Waals surface area contributed by atoms with E-state index >= 15 is 0 Å². The van der Waals surface area contributed by atoms with Crippen LogP contribution in [0.5, 0.6) is 0 Å². The molecule has 1 aliphatic heterocycles. The molecule has 3 nitrogen and oxygen atoms in total. The Hall–Kier alpha value is -2.03. The number of rotatable bonds is 5. The van der Waals surface area contributed by atoms with Crippen molar-refractivity contribution in [1.82, 2.24) is 4.57 Å². The standard InChI is InChI=1S/C19H24N2O/c1-4-15(3)17-13-22-19(20-17)18-6-5-11-21(18)12-16-9-7-14(2)8-10-16/h5-11,15,17H,4,12-13H2,1-3H3/t15-,17-/m1/s1. The molecular formula is C19H24N2O. The minimum Gasteiger partial charge on any atom is -0.474 e. The second kappa shape index (κ2) is 6.39. The Morgan fingerprint density at radius 2 is 2.05 bits per heavy atom. The van der Waals surface area contributed by atoms with Gasteiger partial charge in [-0.1, -0.05) is 50.1 Å². The van der Waals surface area contributed by atoms with Gasteiger partial charge in [-0.2, -0.15) is 0 Å². The summed E-state index contributed by atoms with van der Waals surface area (Å²) < 4.78 is 8.07. The molecule has 1 aromatic heterocycles. The quantitative estimate of drug-likeness (QED) is 0.818. The molecule has 22 heavy (non-hydrogen) atoms. The summed E-state index contributed by atoms with van der Waals surface area (Å²) in [6, 6.07) is 13.1. The van der Waals surface area contributed by atoms with Crippen molar-refractivity contribution in [3.63, 3.8) is 0 Å². The first-order valence-corrected chi connectivity index (χ1v) is 8.09. The van der Waals surface area contributed by atoms with Gasteiger partial charge in [0.25, 0.3) is 0 Å². The summed E-state index contributed by atoms with van der Waals surface area (Å²) in [6.45, 7) is 8.12. The Morgan fingerprint density at radius 3 is 2.77 bits per heavy atom. The van der Waals surface area contributed by atoms with Gasteiger partial charge in [0.2, 0.25) is 5.90 Å². The van der Waals surface area contributed by atoms with Gasteiger partial charge in [-0.15, -0.1) is 0 Å². The zero-order chi connectivity index (χ0) is 15.5. The molecule has 0 radical (unpaired) electrons. The predicted molar refractivity (Wildman–Crippen MR) is 90.4 cm³/mol. The fraction of sp³-hybridized carbons (Fsp3) is 0.421. The molecule has 0 spiro atoms. The molecule has 3 heteroatoms. The fourth-order valence-electron chi connectivity index (χ4n) is 2.73. The number of aromatic nitrogens is 1. The summed E-state index contributed by atoms with van der Waals surface area (Å²) in [5.41, 5.74) is 3.66. The first-order chi connectivity index (χ1) is 10.7. The molecule has 0 saturated heterocycles. The third-order valence-electron chi connectivity index (χ3n) is 4.50. The average Bonchev–Trinajstić information content (AvgIpc) is 3.17. The van der Waals surface area contributed by atoms with Gasteiger partial charge in [-0.3, -0.25) is 0 Å². The van der Waals surface area contributed by atoms with Gasteiger partial charge >= 0.3 is 0 Å². The van der Waals surface area contributed by atoms with E-state index in [1.807, 2.05) is 0 Å². The zero-order valence-corrected chi connectivity index (χ0v) is 13.6. The Morgan fingerprint density at radius 1 is 1.27 bits per heavy atom. The van der Waals surface area contributed by atoms with Crippen LogP contribution in [0.3, 0.4) is 0 Å². The van der Waals surface area contributed by atoms with Crippen LogP contribution in [0, 0.1) is 12.8 Å². The Balaban J connectivity index is 1.79. The van der Waals surface area contributed by atoms with E-state index < -0.39 is 0 Å². The van der Waals surface area contributed by atoms with E-state index in [0.29, 0.717) is 18.6 Å². The second-order valence-electron chi connectivity index (χ2n) is 6.21. The first kappa shape index (κ1) is 14.9. The van der Waals surface area contributed by atoms with E-state index in [1.165, 1.54) is 11.1 Å². The van der Waals surface area contributed by atoms with E-state index in [1.54, 1.807) is 0 Å². The van der Waals surface area contributed by atoms with Crippen molar-refractivity contribution in [3.8, 4) is 0 Å². The molecule has 1 aromatic carbocycles. The van der Waals surface area contributed by atoms with Gasteiger partial charge in [-0.05, 0) is 30.5 Å². The lowest BCUT2D eigenvalue weighted by Crippen LogP contribution is -2.16. The zero-order valence-electron chi connectivity index (χ0n) is 13.6. The number of hydrogen-bond acceptors (Lipinski definition) is 2. The van der Waals surface area contributed by atoms with Crippen molar-refractivity contribution in [2.75, 3.05) is 6.61 Å². The van der Waals surface area contributed by atoms with Crippen LogP contribution in [0.15, 0.2) is 47.6 Å². The minimum atomic E-state index is 0.294. The summed E-state index contributed by atoms with van der Waals surface area (Å²) in [7, 11) is 0. The van der Waals surface area contributed by atoms with Gasteiger partial charge in [0.1, 0.15) is 12.3 Å². The van der Waals surface area contributed by atoms with Crippen LogP contribution in [0.2, 0.25) is 0 Å². The van der Waals surface area contributed by atoms with Gasteiger partial charge in [0.05, 0.1) is 6.04 Å². The van der Waals surface area contributed by atoms with E-state index in [0.717, 1.165) is 24.6 Å². The summed E-state index contributed by atoms with van der Waals surface area (Å²) in [4.78, 5) is 4.79. The lowest BCUT2D eigenvalue weighted by molar-refractivity contribution is 0.281. The van der Waals surface area contributed by atoms with E-state index in [2.05, 4.69) is 67.9 Å². The molecule has 0 bridgehead atoms. The molecule has 0 saturated carbocycles. The van der Waals surface area contributed by atoms with E-state index in [4.69, 9.17) is 9.73 Å². The van der Waals surface area contributed by atoms with Crippen LogP contribution in [0.25, 0.3) is 0 Å². The van der Waals surface area contributed by atoms with Crippen molar-refractivity contribution >= 4 is 5.90 Å². The van der Waals surface area contributed by atoms with Crippen molar-refractivity contribution in [2.24, 2.45) is 10.9 Å². The Bertz CT molecular complexity index is 654. The van der Waals surface area contributed by atoms with Crippen molar-refractivity contribution in [1.29, 1.82) is 0 Å². The van der Waals surface area contributed by atoms with Gasteiger partial charge < -0.3 is 9.30 Å². The number of hydrogen-bond donors (Lipinski definition) is 0. The number of ether oxygens (including phenoxy) is 1. The maximum atomic E-state index is 5.86. The maximum absolute atomic E-state index is 5.86. The lowest BCUT2D eigenvalue weighted by atomic mass is 10.0. The topological polar surface area (TPSA) is 26.5 Å². The number of aliphatic imine (C=N–C) groups is 1. The van der Waals surface area contributed by atoms with Gasteiger partial charge in [0, 0.05) is 12.7 Å².